The number of fused-ring (bicyclic) bond motifs is 1. The molecule has 0 atom stereocenters. The second kappa shape index (κ2) is 5.86. The molecule has 0 aromatic carbocycles. The zero-order valence-electron chi connectivity index (χ0n) is 11.9. The Hall–Kier alpha value is -1.25. The van der Waals surface area contributed by atoms with Crippen LogP contribution in [0.1, 0.15) is 29.0 Å². The first-order valence-corrected chi connectivity index (χ1v) is 9.27. The highest BCUT2D eigenvalue weighted by Crippen LogP contribution is 2.26. The number of nitrogens with one attached hydrogen (secondary N) is 1. The lowest BCUT2D eigenvalue weighted by molar-refractivity contribution is 0.560. The number of hydrogen-bond donors (Lipinski definition) is 1. The summed E-state index contributed by atoms with van der Waals surface area (Å²) in [7, 11) is -1.80. The summed E-state index contributed by atoms with van der Waals surface area (Å²) in [6.07, 6.45) is 6.17. The maximum atomic E-state index is 12.5. The van der Waals surface area contributed by atoms with Crippen LogP contribution in [0.3, 0.4) is 0 Å². The van der Waals surface area contributed by atoms with E-state index >= 15 is 0 Å². The Morgan fingerprint density at radius 3 is 2.95 bits per heavy atom. The number of hydrogen-bond acceptors (Lipinski definition) is 5. The molecular weight excluding hydrogens is 308 g/mol. The van der Waals surface area contributed by atoms with E-state index in [0.29, 0.717) is 18.0 Å². The number of aryl methyl sites for hydroxylation is 2. The molecular formula is C13H18N4O2S2. The molecule has 0 spiro atoms. The van der Waals surface area contributed by atoms with Gasteiger partial charge in [0.1, 0.15) is 0 Å². The van der Waals surface area contributed by atoms with Crippen LogP contribution in [0, 0.1) is 0 Å². The molecule has 0 saturated carbocycles. The molecule has 3 rings (SSSR count). The number of nitrogens with zero attached hydrogens (tertiary/aromatic N) is 3. The molecule has 1 aliphatic rings. The molecule has 0 aliphatic heterocycles. The molecule has 8 heteroatoms. The first kappa shape index (κ1) is 14.7. The minimum absolute atomic E-state index is 0.335. The van der Waals surface area contributed by atoms with E-state index in [1.165, 1.54) is 16.2 Å². The van der Waals surface area contributed by atoms with Gasteiger partial charge in [-0.05, 0) is 49.7 Å². The van der Waals surface area contributed by atoms with Gasteiger partial charge >= 0.3 is 0 Å². The van der Waals surface area contributed by atoms with Gasteiger partial charge in [0, 0.05) is 30.2 Å². The normalized spacial score (nSPS) is 15.1. The van der Waals surface area contributed by atoms with Crippen molar-refractivity contribution >= 4 is 21.6 Å². The van der Waals surface area contributed by atoms with Crippen molar-refractivity contribution in [3.8, 4) is 0 Å². The zero-order valence-corrected chi connectivity index (χ0v) is 13.5. The summed E-state index contributed by atoms with van der Waals surface area (Å²) in [6.45, 7) is 0.379. The van der Waals surface area contributed by atoms with Crippen LogP contribution < -0.4 is 4.72 Å². The Bertz CT molecular complexity index is 720. The minimum atomic E-state index is -3.51. The van der Waals surface area contributed by atoms with Crippen molar-refractivity contribution in [3.63, 3.8) is 0 Å². The summed E-state index contributed by atoms with van der Waals surface area (Å²) < 4.78 is 33.3. The molecule has 2 aromatic rings. The number of rotatable bonds is 5. The average Bonchev–Trinajstić information content (AvgIpc) is 3.04. The SMILES string of the molecule is Cn1nc2c(c1S(=O)(=O)NCCc1ccns1)CCCC2. The lowest BCUT2D eigenvalue weighted by Crippen LogP contribution is -2.28. The highest BCUT2D eigenvalue weighted by atomic mass is 32.2. The Balaban J connectivity index is 1.77. The van der Waals surface area contributed by atoms with Crippen molar-refractivity contribution in [2.24, 2.45) is 7.05 Å². The van der Waals surface area contributed by atoms with Gasteiger partial charge in [0.25, 0.3) is 10.0 Å². The van der Waals surface area contributed by atoms with Crippen LogP contribution in [0.4, 0.5) is 0 Å². The van der Waals surface area contributed by atoms with Crippen LogP contribution in [0.25, 0.3) is 0 Å². The van der Waals surface area contributed by atoms with Gasteiger partial charge in [-0.15, -0.1) is 0 Å². The quantitative estimate of drug-likeness (QED) is 0.898. The molecule has 6 nitrogen and oxygen atoms in total. The van der Waals surface area contributed by atoms with Gasteiger partial charge in [0.2, 0.25) is 0 Å². The molecule has 0 unspecified atom stereocenters. The van der Waals surface area contributed by atoms with Gasteiger partial charge in [0.05, 0.1) is 5.69 Å². The van der Waals surface area contributed by atoms with Crippen LogP contribution in [0.5, 0.6) is 0 Å². The summed E-state index contributed by atoms with van der Waals surface area (Å²) in [5.41, 5.74) is 1.83. The van der Waals surface area contributed by atoms with Crippen molar-refractivity contribution in [2.75, 3.05) is 6.54 Å². The molecule has 2 aromatic heterocycles. The van der Waals surface area contributed by atoms with Gasteiger partial charge in [-0.3, -0.25) is 4.68 Å². The summed E-state index contributed by atoms with van der Waals surface area (Å²) in [4.78, 5) is 1.07. The van der Waals surface area contributed by atoms with Crippen LogP contribution in [-0.2, 0) is 36.3 Å². The number of aromatic nitrogens is 3. The van der Waals surface area contributed by atoms with E-state index in [1.54, 1.807) is 13.2 Å². The molecule has 21 heavy (non-hydrogen) atoms. The maximum Gasteiger partial charge on any atom is 0.258 e. The second-order valence-electron chi connectivity index (χ2n) is 5.19. The van der Waals surface area contributed by atoms with Crippen molar-refractivity contribution in [2.45, 2.75) is 37.1 Å². The lowest BCUT2D eigenvalue weighted by atomic mass is 9.99. The maximum absolute atomic E-state index is 12.5. The van der Waals surface area contributed by atoms with Gasteiger partial charge in [-0.25, -0.2) is 17.5 Å². The van der Waals surface area contributed by atoms with Crippen LogP contribution >= 0.6 is 11.5 Å². The first-order valence-electron chi connectivity index (χ1n) is 7.02. The first-order chi connectivity index (χ1) is 10.1. The van der Waals surface area contributed by atoms with Crippen LogP contribution in [0.15, 0.2) is 17.3 Å². The van der Waals surface area contributed by atoms with Crippen molar-refractivity contribution in [3.05, 3.63) is 28.4 Å². The average molecular weight is 326 g/mol. The molecule has 0 fully saturated rings. The monoisotopic (exact) mass is 326 g/mol. The predicted octanol–water partition coefficient (Wildman–Crippen LogP) is 1.28. The molecule has 1 N–H and O–H groups in total. The standard InChI is InChI=1S/C13H18N4O2S2/c1-17-13(11-4-2-3-5-12(11)16-17)21(18,19)15-9-7-10-6-8-14-20-10/h6,8,15H,2-5,7,9H2,1H3. The largest absolute Gasteiger partial charge is 0.258 e. The van der Waals surface area contributed by atoms with E-state index < -0.39 is 10.0 Å². The minimum Gasteiger partial charge on any atom is -0.256 e. The van der Waals surface area contributed by atoms with Crippen LogP contribution in [0.2, 0.25) is 0 Å². The van der Waals surface area contributed by atoms with Gasteiger partial charge in [-0.1, -0.05) is 0 Å². The Morgan fingerprint density at radius 1 is 1.38 bits per heavy atom. The molecule has 1 aliphatic carbocycles. The Kier molecular flexibility index (Phi) is 4.10. The van der Waals surface area contributed by atoms with Crippen molar-refractivity contribution in [1.29, 1.82) is 0 Å². The molecule has 2 heterocycles. The summed E-state index contributed by atoms with van der Waals surface area (Å²) in [5, 5.41) is 4.70. The summed E-state index contributed by atoms with van der Waals surface area (Å²) >= 11 is 1.39. The van der Waals surface area contributed by atoms with E-state index in [0.717, 1.165) is 41.8 Å². The Labute approximate surface area is 128 Å². The van der Waals surface area contributed by atoms with Crippen LogP contribution in [-0.4, -0.2) is 29.1 Å². The highest BCUT2D eigenvalue weighted by molar-refractivity contribution is 7.89. The Morgan fingerprint density at radius 2 is 2.19 bits per heavy atom. The molecule has 0 amide bonds. The smallest absolute Gasteiger partial charge is 0.256 e. The van der Waals surface area contributed by atoms with Gasteiger partial charge in [0.15, 0.2) is 5.03 Å². The molecule has 0 saturated heterocycles. The lowest BCUT2D eigenvalue weighted by Gasteiger charge is -2.12. The van der Waals surface area contributed by atoms with Crippen molar-refractivity contribution in [1.82, 2.24) is 18.9 Å². The summed E-state index contributed by atoms with van der Waals surface area (Å²) in [5.74, 6) is 0. The van der Waals surface area contributed by atoms with Crippen molar-refractivity contribution < 1.29 is 8.42 Å². The van der Waals surface area contributed by atoms with E-state index in [2.05, 4.69) is 14.2 Å². The van der Waals surface area contributed by atoms with Gasteiger partial charge < -0.3 is 0 Å². The molecule has 114 valence electrons. The summed E-state index contributed by atoms with van der Waals surface area (Å²) in [6, 6.07) is 1.91. The van der Waals surface area contributed by atoms with E-state index in [9.17, 15) is 8.42 Å². The topological polar surface area (TPSA) is 76.9 Å². The fourth-order valence-corrected chi connectivity index (χ4v) is 4.75. The fraction of sp³-hybridized carbons (Fsp3) is 0.538. The third kappa shape index (κ3) is 3.02. The fourth-order valence-electron chi connectivity index (χ4n) is 2.74. The van der Waals surface area contributed by atoms with E-state index in [1.807, 2.05) is 6.07 Å². The van der Waals surface area contributed by atoms with E-state index in [-0.39, 0.29) is 0 Å². The predicted molar refractivity (Wildman–Crippen MR) is 80.9 cm³/mol. The van der Waals surface area contributed by atoms with Gasteiger partial charge in [-0.2, -0.15) is 5.10 Å². The zero-order chi connectivity index (χ0) is 14.9. The third-order valence-corrected chi connectivity index (χ3v) is 6.08. The van der Waals surface area contributed by atoms with E-state index in [4.69, 9.17) is 0 Å². The second-order valence-corrected chi connectivity index (χ2v) is 7.79. The molecule has 0 bridgehead atoms. The molecule has 0 radical (unpaired) electrons. The third-order valence-electron chi connectivity index (χ3n) is 3.67. The highest BCUT2D eigenvalue weighted by Gasteiger charge is 2.27. The number of sulfonamides is 1.